The molecule has 10 nitrogen and oxygen atoms in total. The number of amides is 1. The van der Waals surface area contributed by atoms with Crippen LogP contribution in [0.2, 0.25) is 0 Å². The van der Waals surface area contributed by atoms with E-state index in [9.17, 15) is 9.59 Å². The zero-order valence-electron chi connectivity index (χ0n) is 18.9. The Balaban J connectivity index is 1.85. The molecule has 0 bridgehead atoms. The number of carbonyl (C=O) groups is 1. The van der Waals surface area contributed by atoms with Crippen LogP contribution in [0.25, 0.3) is 5.65 Å². The summed E-state index contributed by atoms with van der Waals surface area (Å²) in [5, 5.41) is 7.63. The number of hydrogen-bond donors (Lipinski definition) is 1. The van der Waals surface area contributed by atoms with Crippen LogP contribution in [0.4, 0.5) is 11.4 Å². The number of likely N-dealkylation sites (tertiary alicyclic amines) is 1. The first-order valence-electron chi connectivity index (χ1n) is 10.7. The number of hydrogen-bond acceptors (Lipinski definition) is 6. The minimum Gasteiger partial charge on any atom is -0.478 e. The molecule has 1 amide bonds. The van der Waals surface area contributed by atoms with Crippen molar-refractivity contribution in [3.8, 4) is 5.88 Å². The average Bonchev–Trinajstić information content (AvgIpc) is 3.39. The topological polar surface area (TPSA) is 98.7 Å². The van der Waals surface area contributed by atoms with Crippen molar-refractivity contribution in [2.45, 2.75) is 38.6 Å². The minimum absolute atomic E-state index is 0.111. The summed E-state index contributed by atoms with van der Waals surface area (Å²) in [6.45, 7) is 8.78. The maximum atomic E-state index is 13.6. The molecule has 1 N–H and O–H groups in total. The van der Waals surface area contributed by atoms with Gasteiger partial charge in [-0.1, -0.05) is 20.4 Å². The van der Waals surface area contributed by atoms with Crippen molar-refractivity contribution in [3.63, 3.8) is 0 Å². The second-order valence-corrected chi connectivity index (χ2v) is 8.36. The summed E-state index contributed by atoms with van der Waals surface area (Å²) in [5.74, 6) is 0.437. The largest absolute Gasteiger partial charge is 0.478 e. The van der Waals surface area contributed by atoms with Gasteiger partial charge in [0.1, 0.15) is 5.69 Å². The monoisotopic (exact) mass is 439 g/mol. The van der Waals surface area contributed by atoms with Gasteiger partial charge in [-0.15, -0.1) is 5.10 Å². The Morgan fingerprint density at radius 2 is 2.12 bits per heavy atom. The molecule has 170 valence electrons. The summed E-state index contributed by atoms with van der Waals surface area (Å²) in [5.41, 5.74) is 2.53. The van der Waals surface area contributed by atoms with Crippen molar-refractivity contribution in [1.82, 2.24) is 28.6 Å². The number of imidazole rings is 1. The summed E-state index contributed by atoms with van der Waals surface area (Å²) in [6, 6.07) is -0.150. The number of anilines is 2. The number of methoxy groups -OCH3 is 1. The number of ether oxygens (including phenoxy) is 1. The molecule has 4 rings (SSSR count). The highest BCUT2D eigenvalue weighted by molar-refractivity contribution is 5.87. The average molecular weight is 440 g/mol. The molecular weight excluding hydrogens is 410 g/mol. The molecule has 1 unspecified atom stereocenters. The van der Waals surface area contributed by atoms with Gasteiger partial charge in [-0.05, 0) is 24.8 Å². The van der Waals surface area contributed by atoms with Crippen LogP contribution in [-0.2, 0) is 11.8 Å². The quantitative estimate of drug-likeness (QED) is 0.593. The number of aryl methyl sites for hydroxylation is 1. The van der Waals surface area contributed by atoms with Gasteiger partial charge in [0.15, 0.2) is 5.65 Å². The smallest absolute Gasteiger partial charge is 0.334 e. The third-order valence-electron chi connectivity index (χ3n) is 5.84. The standard InChI is InChI=1S/C22H29N7O3/c1-6-19(30)27-9-7-8-15(11-27)28-13-16(24-17-12-26(4)25-21(17)32-5)20-23-10-18(14(2)3)29(20)22(28)31/h6,10,12-15,24H,1,7-9,11H2,2-5H3. The number of nitrogens with zero attached hydrogens (tertiary/aromatic N) is 6. The highest BCUT2D eigenvalue weighted by atomic mass is 16.5. The molecule has 3 aromatic heterocycles. The SMILES string of the molecule is C=CC(=O)N1CCCC(n2cc(Nc3cn(C)nc3OC)c3ncc(C(C)C)n3c2=O)C1. The highest BCUT2D eigenvalue weighted by Gasteiger charge is 2.27. The van der Waals surface area contributed by atoms with Gasteiger partial charge in [-0.2, -0.15) is 0 Å². The first-order chi connectivity index (χ1) is 15.3. The van der Waals surface area contributed by atoms with Crippen LogP contribution < -0.4 is 15.7 Å². The Bertz CT molecular complexity index is 1220. The summed E-state index contributed by atoms with van der Waals surface area (Å²) < 4.78 is 10.4. The predicted octanol–water partition coefficient (Wildman–Crippen LogP) is 2.45. The number of aromatic nitrogens is 5. The first-order valence-corrected chi connectivity index (χ1v) is 10.7. The number of carbonyl (C=O) groups excluding carboxylic acids is 1. The van der Waals surface area contributed by atoms with Crippen molar-refractivity contribution >= 4 is 22.9 Å². The van der Waals surface area contributed by atoms with E-state index >= 15 is 0 Å². The second kappa shape index (κ2) is 8.52. The van der Waals surface area contributed by atoms with E-state index < -0.39 is 0 Å². The van der Waals surface area contributed by atoms with E-state index in [1.807, 2.05) is 27.1 Å². The zero-order valence-corrected chi connectivity index (χ0v) is 18.9. The minimum atomic E-state index is -0.164. The Hall–Kier alpha value is -3.56. The molecule has 32 heavy (non-hydrogen) atoms. The van der Waals surface area contributed by atoms with Gasteiger partial charge in [0.05, 0.1) is 30.7 Å². The van der Waals surface area contributed by atoms with Crippen LogP contribution in [-0.4, -0.2) is 54.7 Å². The molecule has 0 aromatic carbocycles. The number of nitrogens with one attached hydrogen (secondary N) is 1. The molecule has 1 fully saturated rings. The van der Waals surface area contributed by atoms with Crippen molar-refractivity contribution in [1.29, 1.82) is 0 Å². The van der Waals surface area contributed by atoms with Gasteiger partial charge >= 0.3 is 5.69 Å². The molecule has 3 aromatic rings. The van der Waals surface area contributed by atoms with Crippen LogP contribution >= 0.6 is 0 Å². The Morgan fingerprint density at radius 1 is 1.34 bits per heavy atom. The fraction of sp³-hybridized carbons (Fsp3) is 0.455. The zero-order chi connectivity index (χ0) is 23.0. The summed E-state index contributed by atoms with van der Waals surface area (Å²) >= 11 is 0. The molecular formula is C22H29N7O3. The molecule has 1 aliphatic heterocycles. The van der Waals surface area contributed by atoms with Crippen LogP contribution in [0, 0.1) is 0 Å². The Kier molecular flexibility index (Phi) is 5.77. The fourth-order valence-corrected chi connectivity index (χ4v) is 4.24. The Morgan fingerprint density at radius 3 is 2.81 bits per heavy atom. The maximum absolute atomic E-state index is 13.6. The van der Waals surface area contributed by atoms with Gasteiger partial charge in [0, 0.05) is 32.5 Å². The normalized spacial score (nSPS) is 16.5. The van der Waals surface area contributed by atoms with E-state index in [0.29, 0.717) is 36.0 Å². The highest BCUT2D eigenvalue weighted by Crippen LogP contribution is 2.30. The molecule has 0 saturated carbocycles. The maximum Gasteiger partial charge on any atom is 0.334 e. The van der Waals surface area contributed by atoms with E-state index in [1.54, 1.807) is 38.1 Å². The van der Waals surface area contributed by atoms with Crippen LogP contribution in [0.15, 0.2) is 36.0 Å². The van der Waals surface area contributed by atoms with Gasteiger partial charge < -0.3 is 15.0 Å². The molecule has 10 heteroatoms. The lowest BCUT2D eigenvalue weighted by molar-refractivity contribution is -0.127. The summed E-state index contributed by atoms with van der Waals surface area (Å²) in [7, 11) is 3.37. The number of rotatable bonds is 6. The lowest BCUT2D eigenvalue weighted by Crippen LogP contribution is -2.43. The Labute approximate surface area is 186 Å². The van der Waals surface area contributed by atoms with Gasteiger partial charge in [0.25, 0.3) is 5.88 Å². The van der Waals surface area contributed by atoms with Gasteiger partial charge in [0.2, 0.25) is 5.91 Å². The number of piperidine rings is 1. The van der Waals surface area contributed by atoms with Crippen molar-refractivity contribution in [2.24, 2.45) is 7.05 Å². The van der Waals surface area contributed by atoms with E-state index in [0.717, 1.165) is 18.5 Å². The molecule has 1 aliphatic rings. The predicted molar refractivity (Wildman–Crippen MR) is 122 cm³/mol. The summed E-state index contributed by atoms with van der Waals surface area (Å²) in [4.78, 5) is 32.1. The fourth-order valence-electron chi connectivity index (χ4n) is 4.24. The lowest BCUT2D eigenvalue weighted by atomic mass is 10.1. The third-order valence-corrected chi connectivity index (χ3v) is 5.84. The lowest BCUT2D eigenvalue weighted by Gasteiger charge is -2.33. The van der Waals surface area contributed by atoms with E-state index in [2.05, 4.69) is 22.0 Å². The van der Waals surface area contributed by atoms with Crippen molar-refractivity contribution in [3.05, 3.63) is 47.4 Å². The van der Waals surface area contributed by atoms with Crippen LogP contribution in [0.5, 0.6) is 5.88 Å². The van der Waals surface area contributed by atoms with E-state index in [-0.39, 0.29) is 23.6 Å². The van der Waals surface area contributed by atoms with Gasteiger partial charge in [-0.3, -0.25) is 14.0 Å². The van der Waals surface area contributed by atoms with Gasteiger partial charge in [-0.25, -0.2) is 14.2 Å². The number of fused-ring (bicyclic) bond motifs is 1. The van der Waals surface area contributed by atoms with E-state index in [4.69, 9.17) is 4.74 Å². The van der Waals surface area contributed by atoms with Crippen molar-refractivity contribution < 1.29 is 9.53 Å². The third kappa shape index (κ3) is 3.76. The molecule has 1 atom stereocenters. The van der Waals surface area contributed by atoms with E-state index in [1.165, 1.54) is 6.08 Å². The second-order valence-electron chi connectivity index (χ2n) is 8.36. The van der Waals surface area contributed by atoms with Crippen LogP contribution in [0.1, 0.15) is 44.3 Å². The first kappa shape index (κ1) is 21.7. The summed E-state index contributed by atoms with van der Waals surface area (Å²) in [6.07, 6.45) is 8.27. The molecule has 0 radical (unpaired) electrons. The molecule has 0 aliphatic carbocycles. The van der Waals surface area contributed by atoms with Crippen LogP contribution in [0.3, 0.4) is 0 Å². The van der Waals surface area contributed by atoms with Crippen molar-refractivity contribution in [2.75, 3.05) is 25.5 Å². The molecule has 1 saturated heterocycles. The molecule has 0 spiro atoms. The molecule has 4 heterocycles.